The number of hydrogen-bond acceptors (Lipinski definition) is 5. The van der Waals surface area contributed by atoms with Crippen LogP contribution in [0.15, 0.2) is 47.3 Å². The number of furan rings is 1. The van der Waals surface area contributed by atoms with Crippen molar-refractivity contribution in [2.45, 2.75) is 0 Å². The molecule has 0 unspecified atom stereocenters. The molecule has 0 bridgehead atoms. The van der Waals surface area contributed by atoms with Crippen LogP contribution in [0.5, 0.6) is 0 Å². The minimum Gasteiger partial charge on any atom is -0.451 e. The summed E-state index contributed by atoms with van der Waals surface area (Å²) >= 11 is 5.97. The number of aromatic nitrogens is 4. The fourth-order valence-corrected chi connectivity index (χ4v) is 2.34. The van der Waals surface area contributed by atoms with E-state index < -0.39 is 5.91 Å². The zero-order chi connectivity index (χ0) is 15.1. The van der Waals surface area contributed by atoms with Gasteiger partial charge in [0.25, 0.3) is 5.91 Å². The molecule has 0 aliphatic heterocycles. The number of fused-ring (bicyclic) bond motifs is 2. The van der Waals surface area contributed by atoms with Gasteiger partial charge >= 0.3 is 0 Å². The SMILES string of the molecule is O=C(Nc1cnc2cccnn12)c1cc2c(Cl)nccc2o1. The third-order valence-electron chi connectivity index (χ3n) is 3.14. The molecule has 7 nitrogen and oxygen atoms in total. The summed E-state index contributed by atoms with van der Waals surface area (Å²) in [6.45, 7) is 0. The lowest BCUT2D eigenvalue weighted by molar-refractivity contribution is 0.0998. The van der Waals surface area contributed by atoms with Crippen molar-refractivity contribution in [3.63, 3.8) is 0 Å². The highest BCUT2D eigenvalue weighted by molar-refractivity contribution is 6.34. The first-order valence-corrected chi connectivity index (χ1v) is 6.74. The zero-order valence-electron chi connectivity index (χ0n) is 11.0. The largest absolute Gasteiger partial charge is 0.451 e. The normalized spacial score (nSPS) is 11.1. The van der Waals surface area contributed by atoms with Crippen LogP contribution in [0.1, 0.15) is 10.6 Å². The molecule has 1 N–H and O–H groups in total. The number of nitrogens with zero attached hydrogens (tertiary/aromatic N) is 4. The summed E-state index contributed by atoms with van der Waals surface area (Å²) in [5, 5.41) is 7.70. The van der Waals surface area contributed by atoms with Gasteiger partial charge in [-0.25, -0.2) is 9.97 Å². The van der Waals surface area contributed by atoms with E-state index in [4.69, 9.17) is 16.0 Å². The number of imidazole rings is 1. The molecule has 108 valence electrons. The summed E-state index contributed by atoms with van der Waals surface area (Å²) in [5.41, 5.74) is 1.14. The number of halogens is 1. The molecule has 4 rings (SSSR count). The summed E-state index contributed by atoms with van der Waals surface area (Å²) < 4.78 is 7.01. The van der Waals surface area contributed by atoms with Crippen molar-refractivity contribution in [3.8, 4) is 0 Å². The van der Waals surface area contributed by atoms with Gasteiger partial charge in [0.2, 0.25) is 0 Å². The lowest BCUT2D eigenvalue weighted by Crippen LogP contribution is -2.13. The molecule has 4 aromatic heterocycles. The molecule has 0 aromatic carbocycles. The molecule has 0 fully saturated rings. The third kappa shape index (κ3) is 1.99. The predicted octanol–water partition coefficient (Wildman–Crippen LogP) is 2.78. The van der Waals surface area contributed by atoms with Crippen LogP contribution < -0.4 is 5.32 Å². The highest BCUT2D eigenvalue weighted by atomic mass is 35.5. The lowest BCUT2D eigenvalue weighted by Gasteiger charge is -2.01. The zero-order valence-corrected chi connectivity index (χ0v) is 11.8. The van der Waals surface area contributed by atoms with Gasteiger partial charge in [0.05, 0.1) is 11.6 Å². The number of hydrogen-bond donors (Lipinski definition) is 1. The van der Waals surface area contributed by atoms with E-state index in [0.29, 0.717) is 22.4 Å². The number of pyridine rings is 1. The second-order valence-corrected chi connectivity index (χ2v) is 4.87. The summed E-state index contributed by atoms with van der Waals surface area (Å²) in [7, 11) is 0. The quantitative estimate of drug-likeness (QED) is 0.575. The molecule has 0 saturated carbocycles. The lowest BCUT2D eigenvalue weighted by atomic mass is 10.3. The Hall–Kier alpha value is -2.93. The Morgan fingerprint density at radius 2 is 2.18 bits per heavy atom. The van der Waals surface area contributed by atoms with Gasteiger partial charge in [-0.15, -0.1) is 0 Å². The van der Waals surface area contributed by atoms with Crippen LogP contribution in [-0.2, 0) is 0 Å². The molecule has 0 spiro atoms. The fraction of sp³-hybridized carbons (Fsp3) is 0. The summed E-state index contributed by atoms with van der Waals surface area (Å²) in [6, 6.07) is 6.75. The van der Waals surface area contributed by atoms with Crippen LogP contribution in [0.25, 0.3) is 16.6 Å². The maximum Gasteiger partial charge on any atom is 0.292 e. The minimum atomic E-state index is -0.417. The standard InChI is InChI=1S/C14H8ClN5O2/c15-13-8-6-10(22-9(8)3-5-16-13)14(21)19-12-7-17-11-2-1-4-18-20(11)12/h1-7H,(H,19,21). The van der Waals surface area contributed by atoms with Gasteiger partial charge in [0.15, 0.2) is 17.2 Å². The number of anilines is 1. The van der Waals surface area contributed by atoms with Gasteiger partial charge in [-0.3, -0.25) is 4.79 Å². The van der Waals surface area contributed by atoms with E-state index in [-0.39, 0.29) is 10.9 Å². The first kappa shape index (κ1) is 12.8. The topological polar surface area (TPSA) is 85.3 Å². The van der Waals surface area contributed by atoms with Crippen molar-refractivity contribution < 1.29 is 9.21 Å². The maximum atomic E-state index is 12.3. The van der Waals surface area contributed by atoms with E-state index in [2.05, 4.69) is 20.4 Å². The van der Waals surface area contributed by atoms with Crippen molar-refractivity contribution in [1.29, 1.82) is 0 Å². The second-order valence-electron chi connectivity index (χ2n) is 4.52. The summed E-state index contributed by atoms with van der Waals surface area (Å²) in [4.78, 5) is 20.4. The van der Waals surface area contributed by atoms with Gasteiger partial charge in [0, 0.05) is 18.5 Å². The van der Waals surface area contributed by atoms with Crippen molar-refractivity contribution >= 4 is 39.9 Å². The van der Waals surface area contributed by atoms with Crippen molar-refractivity contribution in [2.75, 3.05) is 5.32 Å². The number of rotatable bonds is 2. The van der Waals surface area contributed by atoms with Gasteiger partial charge in [0.1, 0.15) is 10.7 Å². The third-order valence-corrected chi connectivity index (χ3v) is 3.44. The van der Waals surface area contributed by atoms with Crippen LogP contribution in [0.2, 0.25) is 5.15 Å². The molecule has 4 aromatic rings. The van der Waals surface area contributed by atoms with Crippen molar-refractivity contribution in [2.24, 2.45) is 0 Å². The second kappa shape index (κ2) is 4.81. The smallest absolute Gasteiger partial charge is 0.292 e. The predicted molar refractivity (Wildman–Crippen MR) is 80.0 cm³/mol. The molecule has 1 amide bonds. The van der Waals surface area contributed by atoms with E-state index in [9.17, 15) is 4.79 Å². The van der Waals surface area contributed by atoms with Gasteiger partial charge in [-0.2, -0.15) is 9.61 Å². The maximum absolute atomic E-state index is 12.3. The molecule has 4 heterocycles. The number of amides is 1. The van der Waals surface area contributed by atoms with Crippen molar-refractivity contribution in [3.05, 3.63) is 53.8 Å². The van der Waals surface area contributed by atoms with E-state index in [1.165, 1.54) is 16.9 Å². The highest BCUT2D eigenvalue weighted by Gasteiger charge is 2.16. The van der Waals surface area contributed by atoms with Crippen LogP contribution >= 0.6 is 11.6 Å². The Morgan fingerprint density at radius 1 is 1.27 bits per heavy atom. The Bertz CT molecular complexity index is 1010. The summed E-state index contributed by atoms with van der Waals surface area (Å²) in [5.74, 6) is 0.167. The molecule has 0 saturated heterocycles. The van der Waals surface area contributed by atoms with Crippen LogP contribution in [0.4, 0.5) is 5.82 Å². The Balaban J connectivity index is 1.70. The molecule has 0 aliphatic carbocycles. The number of carbonyl (C=O) groups excluding carboxylic acids is 1. The average molecular weight is 314 g/mol. The van der Waals surface area contributed by atoms with E-state index >= 15 is 0 Å². The first-order chi connectivity index (χ1) is 10.7. The average Bonchev–Trinajstić information content (AvgIpc) is 3.13. The van der Waals surface area contributed by atoms with Crippen LogP contribution in [-0.4, -0.2) is 25.5 Å². The van der Waals surface area contributed by atoms with Gasteiger partial charge in [-0.1, -0.05) is 11.6 Å². The van der Waals surface area contributed by atoms with Gasteiger partial charge < -0.3 is 9.73 Å². The fourth-order valence-electron chi connectivity index (χ4n) is 2.13. The molecule has 0 atom stereocenters. The van der Waals surface area contributed by atoms with E-state index in [1.807, 2.05) is 0 Å². The molecule has 8 heteroatoms. The number of carbonyl (C=O) groups is 1. The number of nitrogens with one attached hydrogen (secondary N) is 1. The Morgan fingerprint density at radius 3 is 3.05 bits per heavy atom. The van der Waals surface area contributed by atoms with Crippen molar-refractivity contribution in [1.82, 2.24) is 19.6 Å². The molecule has 22 heavy (non-hydrogen) atoms. The molecule has 0 radical (unpaired) electrons. The van der Waals surface area contributed by atoms with Gasteiger partial charge in [-0.05, 0) is 18.2 Å². The molecular weight excluding hydrogens is 306 g/mol. The highest BCUT2D eigenvalue weighted by Crippen LogP contribution is 2.25. The molecule has 0 aliphatic rings. The van der Waals surface area contributed by atoms with Crippen LogP contribution in [0, 0.1) is 0 Å². The minimum absolute atomic E-state index is 0.135. The van der Waals surface area contributed by atoms with Crippen LogP contribution in [0.3, 0.4) is 0 Å². The summed E-state index contributed by atoms with van der Waals surface area (Å²) in [6.07, 6.45) is 4.65. The van der Waals surface area contributed by atoms with E-state index in [1.54, 1.807) is 30.5 Å². The first-order valence-electron chi connectivity index (χ1n) is 6.36. The van der Waals surface area contributed by atoms with E-state index in [0.717, 1.165) is 0 Å². The Kier molecular flexibility index (Phi) is 2.80. The Labute approximate surface area is 128 Å². The monoisotopic (exact) mass is 313 g/mol. The molecular formula is C14H8ClN5O2.